The number of carboxylic acid groups (broad SMARTS) is 1. The average molecular weight is 569 g/mol. The number of aromatic nitrogens is 2. The van der Waals surface area contributed by atoms with E-state index in [1.165, 1.54) is 12.6 Å². The smallest absolute Gasteiger partial charge is 0.332 e. The Kier molecular flexibility index (Phi) is 8.92. The lowest BCUT2D eigenvalue weighted by Crippen LogP contribution is -2.43. The highest BCUT2D eigenvalue weighted by Crippen LogP contribution is 2.35. The van der Waals surface area contributed by atoms with E-state index in [0.717, 1.165) is 84.3 Å². The van der Waals surface area contributed by atoms with E-state index < -0.39 is 5.97 Å². The number of benzene rings is 2. The Labute approximate surface area is 246 Å². The highest BCUT2D eigenvalue weighted by atomic mass is 16.4. The van der Waals surface area contributed by atoms with Gasteiger partial charge in [-0.05, 0) is 84.7 Å². The van der Waals surface area contributed by atoms with Crippen LogP contribution in [0.5, 0.6) is 0 Å². The number of rotatable bonds is 9. The molecule has 1 aromatic heterocycles. The van der Waals surface area contributed by atoms with Crippen molar-refractivity contribution in [1.82, 2.24) is 14.0 Å². The van der Waals surface area contributed by atoms with Gasteiger partial charge in [0.25, 0.3) is 5.56 Å². The molecule has 220 valence electrons. The van der Waals surface area contributed by atoms with Crippen LogP contribution in [0.3, 0.4) is 0 Å². The van der Waals surface area contributed by atoms with E-state index in [1.54, 1.807) is 17.7 Å². The van der Waals surface area contributed by atoms with E-state index in [4.69, 9.17) is 0 Å². The molecule has 0 unspecified atom stereocenters. The Balaban J connectivity index is 1.20. The first kappa shape index (κ1) is 29.3. The summed E-state index contributed by atoms with van der Waals surface area (Å²) in [6, 6.07) is 15.9. The second-order valence-electron chi connectivity index (χ2n) is 11.6. The molecule has 0 amide bonds. The second-order valence-corrected chi connectivity index (χ2v) is 11.6. The van der Waals surface area contributed by atoms with Crippen molar-refractivity contribution in [2.75, 3.05) is 38.1 Å². The van der Waals surface area contributed by atoms with Crippen LogP contribution in [0.25, 0.3) is 17.7 Å². The minimum absolute atomic E-state index is 0.00940. The lowest BCUT2D eigenvalue weighted by Gasteiger charge is -2.34. The van der Waals surface area contributed by atoms with Gasteiger partial charge in [-0.2, -0.15) is 0 Å². The van der Waals surface area contributed by atoms with Crippen LogP contribution >= 0.6 is 0 Å². The van der Waals surface area contributed by atoms with Crippen LogP contribution in [-0.2, 0) is 25.3 Å². The molecule has 1 N–H and O–H groups in total. The minimum Gasteiger partial charge on any atom is -0.481 e. The number of nitrogens with zero attached hydrogens (tertiary/aromatic N) is 4. The first-order valence-electron chi connectivity index (χ1n) is 14.7. The quantitative estimate of drug-likeness (QED) is 0.325. The predicted molar refractivity (Wildman–Crippen MR) is 169 cm³/mol. The third-order valence-corrected chi connectivity index (χ3v) is 8.67. The molecule has 0 radical (unpaired) electrons. The van der Waals surface area contributed by atoms with Crippen LogP contribution in [-0.4, -0.2) is 58.3 Å². The van der Waals surface area contributed by atoms with E-state index >= 15 is 0 Å². The number of carboxylic acids is 1. The van der Waals surface area contributed by atoms with Crippen LogP contribution in [0.1, 0.15) is 53.5 Å². The molecule has 2 heterocycles. The summed E-state index contributed by atoms with van der Waals surface area (Å²) in [5, 5.41) is 9.34. The zero-order valence-corrected chi connectivity index (χ0v) is 24.8. The normalized spacial score (nSPS) is 16.0. The lowest BCUT2D eigenvalue weighted by molar-refractivity contribution is -0.136. The van der Waals surface area contributed by atoms with Gasteiger partial charge in [0.2, 0.25) is 0 Å². The van der Waals surface area contributed by atoms with Gasteiger partial charge in [0.15, 0.2) is 0 Å². The molecule has 0 bridgehead atoms. The molecule has 2 aliphatic rings. The van der Waals surface area contributed by atoms with Crippen LogP contribution in [0.4, 0.5) is 5.82 Å². The lowest BCUT2D eigenvalue weighted by atomic mass is 9.91. The summed E-state index contributed by atoms with van der Waals surface area (Å²) in [6.45, 7) is 3.63. The van der Waals surface area contributed by atoms with Gasteiger partial charge in [-0.1, -0.05) is 54.6 Å². The maximum absolute atomic E-state index is 12.3. The molecule has 0 atom stereocenters. The number of hydrogen-bond acceptors (Lipinski definition) is 5. The fourth-order valence-corrected chi connectivity index (χ4v) is 6.12. The molecule has 8 heteroatoms. The zero-order chi connectivity index (χ0) is 29.8. The third-order valence-electron chi connectivity index (χ3n) is 8.67. The molecule has 3 aromatic rings. The second kappa shape index (κ2) is 12.8. The summed E-state index contributed by atoms with van der Waals surface area (Å²) in [6.07, 6.45) is 10.7. The summed E-state index contributed by atoms with van der Waals surface area (Å²) < 4.78 is 2.71. The van der Waals surface area contributed by atoms with Gasteiger partial charge in [-0.15, -0.1) is 0 Å². The molecule has 0 spiro atoms. The number of anilines is 1. The number of hydrogen-bond donors (Lipinski definition) is 1. The van der Waals surface area contributed by atoms with E-state index in [9.17, 15) is 19.5 Å². The van der Waals surface area contributed by atoms with Gasteiger partial charge >= 0.3 is 11.7 Å². The van der Waals surface area contributed by atoms with Crippen LogP contribution in [0.2, 0.25) is 0 Å². The van der Waals surface area contributed by atoms with E-state index in [0.29, 0.717) is 11.7 Å². The zero-order valence-electron chi connectivity index (χ0n) is 24.8. The predicted octanol–water partition coefficient (Wildman–Crippen LogP) is 4.26. The van der Waals surface area contributed by atoms with Crippen LogP contribution in [0, 0.1) is 5.92 Å². The number of aliphatic carboxylic acids is 1. The molecule has 0 saturated carbocycles. The third kappa shape index (κ3) is 6.49. The first-order chi connectivity index (χ1) is 20.2. The summed E-state index contributed by atoms with van der Waals surface area (Å²) in [7, 11) is 5.41. The van der Waals surface area contributed by atoms with Gasteiger partial charge in [-0.25, -0.2) is 4.79 Å². The topological polar surface area (TPSA) is 87.8 Å². The molecule has 2 aromatic carbocycles. The fourth-order valence-electron chi connectivity index (χ4n) is 6.12. The monoisotopic (exact) mass is 568 g/mol. The van der Waals surface area contributed by atoms with Crippen LogP contribution in [0.15, 0.2) is 64.2 Å². The molecular weight excluding hydrogens is 528 g/mol. The van der Waals surface area contributed by atoms with E-state index in [1.807, 2.05) is 24.3 Å². The minimum atomic E-state index is -0.825. The van der Waals surface area contributed by atoms with E-state index in [2.05, 4.69) is 53.3 Å². The first-order valence-corrected chi connectivity index (χ1v) is 14.7. The summed E-state index contributed by atoms with van der Waals surface area (Å²) >= 11 is 0. The highest BCUT2D eigenvalue weighted by Gasteiger charge is 2.22. The highest BCUT2D eigenvalue weighted by molar-refractivity contribution is 5.94. The van der Waals surface area contributed by atoms with Crippen molar-refractivity contribution in [2.24, 2.45) is 20.0 Å². The standard InChI is InChI=1S/C34H40N4O4/c1-35(18-14-24-15-19-38(20-16-24)31-23-32(39)37(3)34(42)36(31)2)17-6-9-29-28-8-5-4-7-26(28)12-13-27-11-10-25(21-30(27)29)22-33(40)41/h4-5,7-13,21,23-24H,6,14-20,22H2,1-3H3,(H,40,41)/b29-9+. The molecule has 1 saturated heterocycles. The molecule has 1 aliphatic heterocycles. The number of piperidine rings is 1. The fraction of sp³-hybridized carbons (Fsp3) is 0.382. The van der Waals surface area contributed by atoms with Gasteiger partial charge in [-0.3, -0.25) is 18.7 Å². The number of carbonyl (C=O) groups is 1. The van der Waals surface area contributed by atoms with Gasteiger partial charge in [0.05, 0.1) is 6.42 Å². The van der Waals surface area contributed by atoms with Crippen molar-refractivity contribution in [3.05, 3.63) is 103 Å². The summed E-state index contributed by atoms with van der Waals surface area (Å²) in [5.41, 5.74) is 5.92. The maximum Gasteiger partial charge on any atom is 0.332 e. The average Bonchev–Trinajstić information content (AvgIpc) is 3.13. The SMILES string of the molecule is CN(CC/C=C1\c2ccccc2C=Cc2ccc(CC(=O)O)cc21)CCC1CCN(c2cc(=O)n(C)c(=O)n2C)CC1. The largest absolute Gasteiger partial charge is 0.481 e. The van der Waals surface area contributed by atoms with Crippen molar-refractivity contribution in [2.45, 2.75) is 32.1 Å². The van der Waals surface area contributed by atoms with E-state index in [-0.39, 0.29) is 17.7 Å². The molecule has 1 aliphatic carbocycles. The van der Waals surface area contributed by atoms with Gasteiger partial charge in [0, 0.05) is 39.8 Å². The summed E-state index contributed by atoms with van der Waals surface area (Å²) in [5.74, 6) is 0.498. The van der Waals surface area contributed by atoms with Crippen molar-refractivity contribution >= 4 is 29.5 Å². The van der Waals surface area contributed by atoms with Gasteiger partial charge < -0.3 is 14.9 Å². The Morgan fingerprint density at radius 3 is 2.40 bits per heavy atom. The van der Waals surface area contributed by atoms with Crippen molar-refractivity contribution in [3.63, 3.8) is 0 Å². The molecule has 42 heavy (non-hydrogen) atoms. The molecule has 5 rings (SSSR count). The number of fused-ring (bicyclic) bond motifs is 2. The molecule has 8 nitrogen and oxygen atoms in total. The van der Waals surface area contributed by atoms with Crippen LogP contribution < -0.4 is 16.1 Å². The van der Waals surface area contributed by atoms with Crippen molar-refractivity contribution in [3.8, 4) is 0 Å². The molecule has 1 fully saturated rings. The maximum atomic E-state index is 12.3. The Hall–Kier alpha value is -4.17. The summed E-state index contributed by atoms with van der Waals surface area (Å²) in [4.78, 5) is 40.4. The Bertz CT molecular complexity index is 1640. The Morgan fingerprint density at radius 1 is 0.952 bits per heavy atom. The van der Waals surface area contributed by atoms with Gasteiger partial charge in [0.1, 0.15) is 5.82 Å². The van der Waals surface area contributed by atoms with Crippen molar-refractivity contribution in [1.29, 1.82) is 0 Å². The molecular formula is C34H40N4O4. The Morgan fingerprint density at radius 2 is 1.67 bits per heavy atom. The van der Waals surface area contributed by atoms with Crippen molar-refractivity contribution < 1.29 is 9.90 Å².